The summed E-state index contributed by atoms with van der Waals surface area (Å²) < 4.78 is 154. The predicted molar refractivity (Wildman–Crippen MR) is 364 cm³/mol. The molecule has 0 unspecified atom stereocenters. The van der Waals surface area contributed by atoms with Crippen LogP contribution in [0.2, 0.25) is 0 Å². The van der Waals surface area contributed by atoms with Gasteiger partial charge < -0.3 is 13.9 Å². The summed E-state index contributed by atoms with van der Waals surface area (Å²) in [4.78, 5) is 4.88. The van der Waals surface area contributed by atoms with Crippen molar-refractivity contribution in [3.63, 3.8) is 0 Å². The van der Waals surface area contributed by atoms with Gasteiger partial charge in [-0.05, 0) is 124 Å². The number of para-hydroxylation sites is 2. The van der Waals surface area contributed by atoms with E-state index in [9.17, 15) is 16.4 Å². The number of rotatable bonds is 11. The molecule has 0 amide bonds. The molecule has 10 aromatic carbocycles. The van der Waals surface area contributed by atoms with E-state index in [2.05, 4.69) is 161 Å². The van der Waals surface area contributed by atoms with E-state index in [0.717, 1.165) is 60.8 Å². The Bertz CT molecular complexity index is 5410. The monoisotopic (exact) mass is 1350 g/mol. The molecule has 0 atom stereocenters. The first kappa shape index (κ1) is 44.5. The first-order valence-electron chi connectivity index (χ1n) is 37.1. The molecule has 0 aliphatic rings. The van der Waals surface area contributed by atoms with E-state index >= 15 is 0 Å². The Hall–Kier alpha value is -8.89. The van der Waals surface area contributed by atoms with E-state index in [-0.39, 0.29) is 59.6 Å². The molecule has 0 spiro atoms. The zero-order valence-electron chi connectivity index (χ0n) is 66.9. The van der Waals surface area contributed by atoms with Crippen LogP contribution in [0.25, 0.3) is 72.3 Å². The molecule has 3 aromatic heterocycles. The van der Waals surface area contributed by atoms with Crippen molar-refractivity contribution in [1.82, 2.24) is 14.1 Å². The third-order valence-electron chi connectivity index (χ3n) is 16.6. The van der Waals surface area contributed by atoms with Gasteiger partial charge in [-0.3, -0.25) is 4.57 Å². The number of fused-ring (bicyclic) bond motifs is 4. The normalized spacial score (nSPS) is 14.8. The van der Waals surface area contributed by atoms with Gasteiger partial charge in [0.2, 0.25) is 0 Å². The number of nitrogens with zero attached hydrogens (tertiary/aromatic N) is 4. The van der Waals surface area contributed by atoms with Gasteiger partial charge in [0, 0.05) is 44.3 Å². The molecule has 0 N–H and O–H groups in total. The number of hydrogen-bond acceptors (Lipinski definition) is 2. The number of imidazole rings is 1. The summed E-state index contributed by atoms with van der Waals surface area (Å²) in [5.74, 6) is 1.25. The minimum Gasteiger partial charge on any atom is -0.510 e. The molecule has 5 nitrogen and oxygen atoms in total. The summed E-state index contributed by atoms with van der Waals surface area (Å²) in [6, 6.07) is 40.6. The maximum atomic E-state index is 9.90. The molecule has 0 aliphatic carbocycles. The smallest absolute Gasteiger partial charge is 0.268 e. The Morgan fingerprint density at radius 3 is 1.61 bits per heavy atom. The van der Waals surface area contributed by atoms with E-state index in [1.54, 1.807) is 28.8 Å². The second-order valence-electron chi connectivity index (χ2n) is 26.6. The minimum atomic E-state index is -2.95. The fourth-order valence-electron chi connectivity index (χ4n) is 11.8. The molecule has 89 heavy (non-hydrogen) atoms. The van der Waals surface area contributed by atoms with E-state index in [1.807, 2.05) is 65.4 Å². The average molecular weight is 1360 g/mol. The fraction of sp³-hybridized carbons (Fsp3) is 0.205. The molecule has 0 fully saturated rings. The van der Waals surface area contributed by atoms with Crippen molar-refractivity contribution in [3.05, 3.63) is 305 Å². The van der Waals surface area contributed by atoms with E-state index in [1.165, 1.54) is 12.1 Å². The summed E-state index contributed by atoms with van der Waals surface area (Å²) in [5.41, 5.74) is 4.31. The molecule has 13 rings (SSSR count). The Morgan fingerprint density at radius 2 is 0.989 bits per heavy atom. The number of aromatic nitrogens is 4. The van der Waals surface area contributed by atoms with Crippen molar-refractivity contribution in [3.8, 4) is 50.9 Å². The van der Waals surface area contributed by atoms with Crippen LogP contribution in [-0.4, -0.2) is 14.1 Å². The zero-order valence-corrected chi connectivity index (χ0v) is 54.2. The quantitative estimate of drug-likeness (QED) is 0.0735. The van der Waals surface area contributed by atoms with Gasteiger partial charge in [-0.25, -0.2) is 4.98 Å². The van der Waals surface area contributed by atoms with E-state index < -0.39 is 113 Å². The van der Waals surface area contributed by atoms with Crippen molar-refractivity contribution in [2.45, 2.75) is 110 Å². The molecule has 6 heteroatoms. The summed E-state index contributed by atoms with van der Waals surface area (Å²) in [6.45, 7) is 26.0. The molecule has 0 bridgehead atoms. The van der Waals surface area contributed by atoms with Gasteiger partial charge in [-0.1, -0.05) is 270 Å². The van der Waals surface area contributed by atoms with Gasteiger partial charge in [0.15, 0.2) is 0 Å². The molecule has 0 aliphatic heterocycles. The molecule has 3 heterocycles. The van der Waals surface area contributed by atoms with Crippen molar-refractivity contribution < 1.29 is 50.9 Å². The second-order valence-corrected chi connectivity index (χ2v) is 26.6. The Balaban J connectivity index is 0.0000102. The van der Waals surface area contributed by atoms with Crippen molar-refractivity contribution in [2.24, 2.45) is 0 Å². The summed E-state index contributed by atoms with van der Waals surface area (Å²) >= 11 is 0. The number of ether oxygens (including phenoxy) is 1. The van der Waals surface area contributed by atoms with Crippen LogP contribution < -0.4 is 9.30 Å². The van der Waals surface area contributed by atoms with Crippen LogP contribution in [-0.2, 0) is 48.1 Å². The first-order chi connectivity index (χ1) is 48.4. The van der Waals surface area contributed by atoms with Crippen LogP contribution >= 0.6 is 0 Å². The summed E-state index contributed by atoms with van der Waals surface area (Å²) in [6.07, 6.45) is 5.55. The van der Waals surface area contributed by atoms with Gasteiger partial charge >= 0.3 is 0 Å². The molecule has 0 saturated heterocycles. The Morgan fingerprint density at radius 1 is 0.438 bits per heavy atom. The molecule has 446 valence electrons. The number of benzene rings is 10. The van der Waals surface area contributed by atoms with Crippen molar-refractivity contribution in [2.75, 3.05) is 0 Å². The zero-order chi connectivity index (χ0) is 74.4. The summed E-state index contributed by atoms with van der Waals surface area (Å²) in [7, 11) is 0. The molecule has 0 radical (unpaired) electrons. The topological polar surface area (TPSA) is 35.9 Å². The van der Waals surface area contributed by atoms with Crippen molar-refractivity contribution in [1.29, 1.82) is 0 Å². The van der Waals surface area contributed by atoms with Gasteiger partial charge in [0.1, 0.15) is 5.82 Å². The van der Waals surface area contributed by atoms with Crippen LogP contribution in [0.15, 0.2) is 242 Å². The van der Waals surface area contributed by atoms with Crippen LogP contribution in [0.3, 0.4) is 0 Å². The average Bonchev–Trinajstić information content (AvgIpc) is 0.757. The van der Waals surface area contributed by atoms with Gasteiger partial charge in [-0.15, -0.1) is 29.7 Å². The Kier molecular flexibility index (Phi) is 11.6. The molecule has 0 saturated carbocycles. The SMILES string of the molecule is [2H]c1c([2H])c([2H])c(C(c2ccc3c(c2)n(-c2[c-]c(Oc4[c-]c5c(cc4)c4ccccc4n5-c4cc(C(C)(C)C)ccn4)ccc2)[c-][n+]3-c2c(-c3cccc(C(C)(C)C)c3)cccc2-c2cc(C(C)(C)C)cc(C(C)(C)C)c2)(c2c([2H])c([2H])c([2H])c([2H])c2[2H])c2c([2H])c([2H])c([2H])c([2H])c2[2H])c([2H])c1[2H].[Pt]. The maximum Gasteiger partial charge on any atom is 0.268 e. The van der Waals surface area contributed by atoms with Crippen LogP contribution in [0.5, 0.6) is 11.5 Å². The maximum absolute atomic E-state index is 9.90. The van der Waals surface area contributed by atoms with E-state index in [0.29, 0.717) is 34.0 Å². The third kappa shape index (κ3) is 11.3. The minimum absolute atomic E-state index is 0. The third-order valence-corrected chi connectivity index (χ3v) is 16.6. The number of hydrogen-bond donors (Lipinski definition) is 0. The first-order valence-corrected chi connectivity index (χ1v) is 29.6. The molecule has 13 aromatic rings. The second kappa shape index (κ2) is 23.2. The Labute approximate surface area is 561 Å². The largest absolute Gasteiger partial charge is 0.510 e. The van der Waals surface area contributed by atoms with Crippen LogP contribution in [0, 0.1) is 18.5 Å². The van der Waals surface area contributed by atoms with Gasteiger partial charge in [-0.2, -0.15) is 18.2 Å². The standard InChI is InChI=1S/C83H76N4O.Pt/c1-79(2,3)61-34-24-27-56(47-61)69-38-26-39-70(57-48-64(81(7,8)9)50-65(49-57)82(10,11)12)78(69)86-55-85(76-51-63(41-44-74(76)86)83(58-28-16-13-17-29-58,59-30-18-14-19-31-59)60-32-20-15-21-33-60)66-35-25-36-67(53-66)88-68-42-43-72-71-37-22-23-40-73(71)87(75(72)54-68)77-52-62(45-46-84-77)80(4,5)6;/h13-52H,1-12H3;/q-2;/i13D,14D,15D,16D,17D,18D,19D,20D,21D,28D,29D,30D,31D,32D,33D;. The van der Waals surface area contributed by atoms with Gasteiger partial charge in [0.25, 0.3) is 6.33 Å². The van der Waals surface area contributed by atoms with Crippen LogP contribution in [0.1, 0.15) is 148 Å². The summed E-state index contributed by atoms with van der Waals surface area (Å²) in [5, 5.41) is 1.89. The van der Waals surface area contributed by atoms with Crippen molar-refractivity contribution >= 4 is 32.8 Å². The predicted octanol–water partition coefficient (Wildman–Crippen LogP) is 20.5. The number of pyridine rings is 1. The molecular formula is C83H76N4OPt-2. The molecular weight excluding hydrogens is 1260 g/mol. The van der Waals surface area contributed by atoms with Crippen LogP contribution in [0.4, 0.5) is 0 Å². The van der Waals surface area contributed by atoms with E-state index in [4.69, 9.17) is 13.8 Å². The fourth-order valence-corrected chi connectivity index (χ4v) is 11.8. The van der Waals surface area contributed by atoms with Gasteiger partial charge in [0.05, 0.1) is 42.7 Å².